The van der Waals surface area contributed by atoms with Crippen molar-refractivity contribution in [2.45, 2.75) is 19.3 Å². The molecule has 4 rings (SSSR count). The van der Waals surface area contributed by atoms with Crippen LogP contribution in [0.1, 0.15) is 27.4 Å². The summed E-state index contributed by atoms with van der Waals surface area (Å²) in [4.78, 5) is 16.6. The van der Waals surface area contributed by atoms with Gasteiger partial charge >= 0.3 is 6.18 Å². The van der Waals surface area contributed by atoms with Crippen LogP contribution in [0.25, 0.3) is 22.2 Å². The highest BCUT2D eigenvalue weighted by atomic mass is 35.5. The number of furan rings is 1. The Morgan fingerprint density at radius 1 is 1.20 bits per heavy atom. The summed E-state index contributed by atoms with van der Waals surface area (Å²) < 4.78 is 64.6. The van der Waals surface area contributed by atoms with Crippen LogP contribution in [0.15, 0.2) is 52.9 Å². The van der Waals surface area contributed by atoms with Gasteiger partial charge in [0.15, 0.2) is 0 Å². The Bertz CT molecular complexity index is 1400. The molecule has 0 aliphatic heterocycles. The Morgan fingerprint density at radius 2 is 1.97 bits per heavy atom. The number of nitrogens with one attached hydrogen (secondary N) is 1. The van der Waals surface area contributed by atoms with Crippen LogP contribution in [-0.4, -0.2) is 18.0 Å². The second-order valence-electron chi connectivity index (χ2n) is 7.44. The molecule has 0 unspecified atom stereocenters. The molecule has 1 amide bonds. The molecule has 6 nitrogen and oxygen atoms in total. The molecule has 0 radical (unpaired) electrons. The molecule has 0 atom stereocenters. The van der Waals surface area contributed by atoms with E-state index in [-0.39, 0.29) is 52.0 Å². The first-order valence-corrected chi connectivity index (χ1v) is 10.6. The molecule has 0 saturated heterocycles. The second kappa shape index (κ2) is 9.55. The van der Waals surface area contributed by atoms with Crippen molar-refractivity contribution in [3.8, 4) is 17.1 Å². The first kappa shape index (κ1) is 24.5. The second-order valence-corrected chi connectivity index (χ2v) is 7.85. The van der Waals surface area contributed by atoms with Crippen molar-refractivity contribution in [3.05, 3.63) is 82.0 Å². The summed E-state index contributed by atoms with van der Waals surface area (Å²) in [5.74, 6) is -0.690. The van der Waals surface area contributed by atoms with E-state index in [0.717, 1.165) is 6.07 Å². The monoisotopic (exact) mass is 507 g/mol. The lowest BCUT2D eigenvalue weighted by Crippen LogP contribution is -2.24. The molecule has 182 valence electrons. The molecular formula is C24H18ClF4N3O3. The number of carbonyl (C=O) groups is 1. The third-order valence-electron chi connectivity index (χ3n) is 5.32. The van der Waals surface area contributed by atoms with Crippen LogP contribution in [0.2, 0.25) is 5.02 Å². The van der Waals surface area contributed by atoms with Crippen molar-refractivity contribution in [2.75, 3.05) is 7.11 Å². The van der Waals surface area contributed by atoms with Crippen LogP contribution in [0.5, 0.6) is 5.75 Å². The zero-order valence-electron chi connectivity index (χ0n) is 18.2. The fraction of sp³-hybridized carbons (Fsp3) is 0.167. The fourth-order valence-corrected chi connectivity index (χ4v) is 3.83. The average molecular weight is 508 g/mol. The number of benzene rings is 2. The first-order valence-electron chi connectivity index (χ1n) is 10.2. The summed E-state index contributed by atoms with van der Waals surface area (Å²) in [6.07, 6.45) is -4.64. The largest absolute Gasteiger partial charge is 0.494 e. The van der Waals surface area contributed by atoms with E-state index in [2.05, 4.69) is 10.3 Å². The van der Waals surface area contributed by atoms with Crippen molar-refractivity contribution < 1.29 is 31.5 Å². The lowest BCUT2D eigenvalue weighted by molar-refractivity contribution is -0.140. The summed E-state index contributed by atoms with van der Waals surface area (Å²) in [6, 6.07) is 10.7. The van der Waals surface area contributed by atoms with Crippen LogP contribution in [0.4, 0.5) is 17.6 Å². The molecule has 0 saturated carbocycles. The molecule has 0 spiro atoms. The van der Waals surface area contributed by atoms with Gasteiger partial charge in [0.25, 0.3) is 5.91 Å². The Kier molecular flexibility index (Phi) is 6.68. The van der Waals surface area contributed by atoms with Gasteiger partial charge in [-0.1, -0.05) is 17.7 Å². The maximum atomic E-state index is 14.0. The average Bonchev–Trinajstić information content (AvgIpc) is 3.26. The third-order valence-corrected chi connectivity index (χ3v) is 5.68. The molecule has 2 aromatic carbocycles. The van der Waals surface area contributed by atoms with E-state index >= 15 is 0 Å². The van der Waals surface area contributed by atoms with Gasteiger partial charge in [-0.3, -0.25) is 4.79 Å². The van der Waals surface area contributed by atoms with Crippen molar-refractivity contribution >= 4 is 28.4 Å². The summed E-state index contributed by atoms with van der Waals surface area (Å²) >= 11 is 6.00. The van der Waals surface area contributed by atoms with Gasteiger partial charge in [0.1, 0.15) is 34.3 Å². The van der Waals surface area contributed by atoms with E-state index in [1.54, 1.807) is 6.07 Å². The Morgan fingerprint density at radius 3 is 2.63 bits per heavy atom. The maximum Gasteiger partial charge on any atom is 0.433 e. The number of hydrogen-bond acceptors (Lipinski definition) is 5. The van der Waals surface area contributed by atoms with E-state index in [1.165, 1.54) is 43.5 Å². The van der Waals surface area contributed by atoms with Gasteiger partial charge in [0.2, 0.25) is 0 Å². The normalized spacial score (nSPS) is 11.6. The molecular weight excluding hydrogens is 490 g/mol. The highest BCUT2D eigenvalue weighted by Gasteiger charge is 2.33. The van der Waals surface area contributed by atoms with Gasteiger partial charge in [0, 0.05) is 28.1 Å². The number of ether oxygens (including phenoxy) is 1. The van der Waals surface area contributed by atoms with E-state index < -0.39 is 23.6 Å². The van der Waals surface area contributed by atoms with Crippen LogP contribution < -0.4 is 15.8 Å². The fourth-order valence-electron chi connectivity index (χ4n) is 3.60. The van der Waals surface area contributed by atoms with Crippen LogP contribution in [0, 0.1) is 5.82 Å². The molecule has 2 heterocycles. The first-order chi connectivity index (χ1) is 16.6. The van der Waals surface area contributed by atoms with Crippen LogP contribution >= 0.6 is 11.6 Å². The minimum absolute atomic E-state index is 0.0225. The summed E-state index contributed by atoms with van der Waals surface area (Å²) in [7, 11) is 1.32. The standard InChI is InChI=1S/C24H18ClF4N3O3/c1-34-18-7-5-12(13-6-8-21(24(27,28)29)32-22(13)18)19-9-14(20(10-30)35-19)23(33)31-11-15-16(25)3-2-4-17(15)26/h2-9H,10-11,30H2,1H3,(H,31,33). The van der Waals surface area contributed by atoms with Crippen LogP contribution in [0.3, 0.4) is 0 Å². The number of nitrogens with two attached hydrogens (primary N) is 1. The predicted molar refractivity (Wildman–Crippen MR) is 121 cm³/mol. The summed E-state index contributed by atoms with van der Waals surface area (Å²) in [5.41, 5.74) is 5.25. The quantitative estimate of drug-likeness (QED) is 0.327. The molecule has 0 aliphatic carbocycles. The number of rotatable bonds is 6. The van der Waals surface area contributed by atoms with Gasteiger partial charge in [0.05, 0.1) is 19.2 Å². The zero-order valence-corrected chi connectivity index (χ0v) is 18.9. The lowest BCUT2D eigenvalue weighted by atomic mass is 10.0. The number of hydrogen-bond donors (Lipinski definition) is 2. The van der Waals surface area contributed by atoms with Gasteiger partial charge in [-0.15, -0.1) is 0 Å². The molecule has 11 heteroatoms. The molecule has 3 N–H and O–H groups in total. The molecule has 4 aromatic rings. The molecule has 0 bridgehead atoms. The molecule has 2 aromatic heterocycles. The third kappa shape index (κ3) is 4.80. The van der Waals surface area contributed by atoms with Crippen molar-refractivity contribution in [1.29, 1.82) is 0 Å². The van der Waals surface area contributed by atoms with E-state index in [4.69, 9.17) is 26.5 Å². The minimum Gasteiger partial charge on any atom is -0.494 e. The predicted octanol–water partition coefficient (Wildman–Crippen LogP) is 5.70. The topological polar surface area (TPSA) is 90.4 Å². The number of fused-ring (bicyclic) bond motifs is 1. The van der Waals surface area contributed by atoms with Gasteiger partial charge in [-0.05, 0) is 42.5 Å². The number of carbonyl (C=O) groups excluding carboxylic acids is 1. The van der Waals surface area contributed by atoms with E-state index in [9.17, 15) is 22.4 Å². The molecule has 0 aliphatic rings. The van der Waals surface area contributed by atoms with Crippen molar-refractivity contribution in [3.63, 3.8) is 0 Å². The number of halogens is 5. The highest BCUT2D eigenvalue weighted by molar-refractivity contribution is 6.31. The number of methoxy groups -OCH3 is 1. The van der Waals surface area contributed by atoms with Crippen LogP contribution in [-0.2, 0) is 19.3 Å². The smallest absolute Gasteiger partial charge is 0.433 e. The lowest BCUT2D eigenvalue weighted by Gasteiger charge is -2.11. The van der Waals surface area contributed by atoms with Crippen molar-refractivity contribution in [2.24, 2.45) is 5.73 Å². The number of nitrogens with zero attached hydrogens (tertiary/aromatic N) is 1. The van der Waals surface area contributed by atoms with Crippen molar-refractivity contribution in [1.82, 2.24) is 10.3 Å². The van der Waals surface area contributed by atoms with E-state index in [0.29, 0.717) is 10.9 Å². The van der Waals surface area contributed by atoms with Gasteiger partial charge in [-0.2, -0.15) is 13.2 Å². The Hall–Kier alpha value is -3.63. The Balaban J connectivity index is 1.72. The zero-order chi connectivity index (χ0) is 25.3. The summed E-state index contributed by atoms with van der Waals surface area (Å²) in [5, 5.41) is 3.06. The summed E-state index contributed by atoms with van der Waals surface area (Å²) in [6.45, 7) is -0.307. The van der Waals surface area contributed by atoms with Gasteiger partial charge < -0.3 is 20.2 Å². The number of aromatic nitrogens is 1. The minimum atomic E-state index is -4.64. The molecule has 0 fully saturated rings. The highest BCUT2D eigenvalue weighted by Crippen LogP contribution is 2.38. The molecule has 35 heavy (non-hydrogen) atoms. The number of pyridine rings is 1. The number of amides is 1. The van der Waals surface area contributed by atoms with Gasteiger partial charge in [-0.25, -0.2) is 9.37 Å². The maximum absolute atomic E-state index is 14.0. The number of alkyl halides is 3. The SMILES string of the molecule is COc1ccc(-c2cc(C(=O)NCc3c(F)cccc3Cl)c(CN)o2)c2ccc(C(F)(F)F)nc12. The Labute approximate surface area is 201 Å². The van der Waals surface area contributed by atoms with E-state index in [1.807, 2.05) is 0 Å².